The van der Waals surface area contributed by atoms with E-state index in [-0.39, 0.29) is 5.91 Å². The van der Waals surface area contributed by atoms with Crippen molar-refractivity contribution in [3.63, 3.8) is 0 Å². The highest BCUT2D eigenvalue weighted by molar-refractivity contribution is 7.17. The first-order chi connectivity index (χ1) is 13.2. The number of ether oxygens (including phenoxy) is 1. The average Bonchev–Trinajstić information content (AvgIpc) is 3.36. The molecule has 2 aromatic rings. The zero-order valence-electron chi connectivity index (χ0n) is 15.2. The number of hydrogen-bond acceptors (Lipinski definition) is 6. The van der Waals surface area contributed by atoms with Crippen molar-refractivity contribution in [2.75, 3.05) is 26.3 Å². The van der Waals surface area contributed by atoms with Gasteiger partial charge in [0.1, 0.15) is 0 Å². The molecule has 0 radical (unpaired) electrons. The highest BCUT2D eigenvalue weighted by Crippen LogP contribution is 2.28. The van der Waals surface area contributed by atoms with E-state index in [1.165, 1.54) is 11.3 Å². The molecule has 8 heteroatoms. The lowest BCUT2D eigenvalue weighted by molar-refractivity contribution is 0.0671. The Morgan fingerprint density at radius 2 is 2.11 bits per heavy atom. The zero-order chi connectivity index (χ0) is 18.6. The maximum absolute atomic E-state index is 12.6. The van der Waals surface area contributed by atoms with Crippen LogP contribution in [0.2, 0.25) is 4.34 Å². The Bertz CT molecular complexity index is 772. The quantitative estimate of drug-likeness (QED) is 0.741. The van der Waals surface area contributed by atoms with Crippen LogP contribution >= 0.6 is 22.9 Å². The van der Waals surface area contributed by atoms with E-state index in [2.05, 4.69) is 10.2 Å². The predicted octanol–water partition coefficient (Wildman–Crippen LogP) is 4.16. The average molecular weight is 410 g/mol. The number of aromatic nitrogens is 2. The molecule has 27 heavy (non-hydrogen) atoms. The van der Waals surface area contributed by atoms with Gasteiger partial charge in [0.15, 0.2) is 0 Å². The third-order valence-electron chi connectivity index (χ3n) is 5.41. The summed E-state index contributed by atoms with van der Waals surface area (Å²) in [6, 6.07) is 3.60. The zero-order valence-corrected chi connectivity index (χ0v) is 16.8. The molecule has 0 N–H and O–H groups in total. The molecule has 4 heterocycles. The Kier molecular flexibility index (Phi) is 6.10. The summed E-state index contributed by atoms with van der Waals surface area (Å²) in [7, 11) is 0. The Morgan fingerprint density at radius 1 is 1.26 bits per heavy atom. The van der Waals surface area contributed by atoms with Gasteiger partial charge in [0.05, 0.1) is 9.21 Å². The van der Waals surface area contributed by atoms with E-state index in [9.17, 15) is 4.79 Å². The van der Waals surface area contributed by atoms with Gasteiger partial charge in [0.25, 0.3) is 5.91 Å². The fraction of sp³-hybridized carbons (Fsp3) is 0.632. The molecule has 2 fully saturated rings. The van der Waals surface area contributed by atoms with Crippen LogP contribution < -0.4 is 0 Å². The summed E-state index contributed by atoms with van der Waals surface area (Å²) in [6.45, 7) is 3.14. The van der Waals surface area contributed by atoms with Gasteiger partial charge in [0, 0.05) is 38.6 Å². The third-order valence-corrected chi connectivity index (χ3v) is 6.63. The molecule has 4 rings (SSSR count). The van der Waals surface area contributed by atoms with Gasteiger partial charge >= 0.3 is 0 Å². The molecule has 1 amide bonds. The van der Waals surface area contributed by atoms with Crippen molar-refractivity contribution in [3.8, 4) is 0 Å². The molecule has 2 aliphatic rings. The van der Waals surface area contributed by atoms with Gasteiger partial charge in [-0.1, -0.05) is 11.6 Å². The standard InChI is InChI=1S/C19H24ClN3O3S/c20-16-5-4-15(27-16)19(24)23-9-1-2-13(12-23)3-6-17-21-22-18(26-17)14-7-10-25-11-8-14/h4-5,13-14H,1-3,6-12H2. The molecular weight excluding hydrogens is 386 g/mol. The molecule has 0 aliphatic carbocycles. The molecule has 0 spiro atoms. The number of carbonyl (C=O) groups excluding carboxylic acids is 1. The third kappa shape index (κ3) is 4.70. The molecule has 2 aromatic heterocycles. The number of thiophene rings is 1. The van der Waals surface area contributed by atoms with Gasteiger partial charge < -0.3 is 14.1 Å². The number of aryl methyl sites for hydroxylation is 1. The number of likely N-dealkylation sites (tertiary alicyclic amines) is 1. The maximum atomic E-state index is 12.6. The summed E-state index contributed by atoms with van der Waals surface area (Å²) in [5, 5.41) is 8.47. The Labute approximate surface area is 167 Å². The Balaban J connectivity index is 1.29. The van der Waals surface area contributed by atoms with Gasteiger partial charge in [-0.15, -0.1) is 21.5 Å². The summed E-state index contributed by atoms with van der Waals surface area (Å²) in [4.78, 5) is 15.3. The van der Waals surface area contributed by atoms with Gasteiger partial charge in [-0.25, -0.2) is 0 Å². The lowest BCUT2D eigenvalue weighted by Gasteiger charge is -2.32. The first kappa shape index (κ1) is 18.9. The fourth-order valence-electron chi connectivity index (χ4n) is 3.87. The number of halogens is 1. The van der Waals surface area contributed by atoms with Gasteiger partial charge in [-0.3, -0.25) is 4.79 Å². The number of nitrogens with zero attached hydrogens (tertiary/aromatic N) is 3. The highest BCUT2D eigenvalue weighted by atomic mass is 35.5. The van der Waals surface area contributed by atoms with Crippen molar-refractivity contribution < 1.29 is 13.9 Å². The van der Waals surface area contributed by atoms with E-state index < -0.39 is 0 Å². The first-order valence-corrected chi connectivity index (χ1v) is 10.8. The monoisotopic (exact) mass is 409 g/mol. The Hall–Kier alpha value is -1.44. The van der Waals surface area contributed by atoms with E-state index in [0.717, 1.165) is 75.6 Å². The first-order valence-electron chi connectivity index (χ1n) is 9.63. The van der Waals surface area contributed by atoms with Crippen LogP contribution in [0.15, 0.2) is 16.5 Å². The number of hydrogen-bond donors (Lipinski definition) is 0. The molecular formula is C19H24ClN3O3S. The minimum atomic E-state index is 0.0937. The molecule has 146 valence electrons. The van der Waals surface area contributed by atoms with E-state index in [0.29, 0.717) is 22.1 Å². The summed E-state index contributed by atoms with van der Waals surface area (Å²) >= 11 is 7.31. The molecule has 1 atom stereocenters. The second-order valence-corrected chi connectivity index (χ2v) is 9.04. The molecule has 2 aliphatic heterocycles. The second kappa shape index (κ2) is 8.71. The van der Waals surface area contributed by atoms with Crippen LogP contribution in [0.5, 0.6) is 0 Å². The lowest BCUT2D eigenvalue weighted by Crippen LogP contribution is -2.39. The largest absolute Gasteiger partial charge is 0.425 e. The fourth-order valence-corrected chi connectivity index (χ4v) is 4.89. The number of piperidine rings is 1. The van der Waals surface area contributed by atoms with E-state index in [4.69, 9.17) is 20.8 Å². The Morgan fingerprint density at radius 3 is 2.89 bits per heavy atom. The van der Waals surface area contributed by atoms with Gasteiger partial charge in [-0.2, -0.15) is 0 Å². The van der Waals surface area contributed by atoms with Crippen LogP contribution in [0, 0.1) is 5.92 Å². The van der Waals surface area contributed by atoms with Crippen LogP contribution in [-0.4, -0.2) is 47.3 Å². The predicted molar refractivity (Wildman–Crippen MR) is 103 cm³/mol. The SMILES string of the molecule is O=C(c1ccc(Cl)s1)N1CCCC(CCc2nnc(C3CCOCC3)o2)C1. The molecule has 0 aromatic carbocycles. The minimum absolute atomic E-state index is 0.0937. The van der Waals surface area contributed by atoms with Crippen LogP contribution in [0.1, 0.15) is 59.5 Å². The summed E-state index contributed by atoms with van der Waals surface area (Å²) < 4.78 is 11.9. The topological polar surface area (TPSA) is 68.5 Å². The highest BCUT2D eigenvalue weighted by Gasteiger charge is 2.26. The van der Waals surface area contributed by atoms with Crippen LogP contribution in [0.4, 0.5) is 0 Å². The van der Waals surface area contributed by atoms with Crippen LogP contribution in [0.3, 0.4) is 0 Å². The summed E-state index contributed by atoms with van der Waals surface area (Å²) in [5.41, 5.74) is 0. The maximum Gasteiger partial charge on any atom is 0.263 e. The number of amides is 1. The van der Waals surface area contributed by atoms with Gasteiger partial charge in [-0.05, 0) is 50.2 Å². The number of rotatable bonds is 5. The van der Waals surface area contributed by atoms with E-state index in [1.54, 1.807) is 6.07 Å². The normalized spacial score (nSPS) is 21.5. The van der Waals surface area contributed by atoms with Crippen molar-refractivity contribution in [3.05, 3.63) is 33.1 Å². The summed E-state index contributed by atoms with van der Waals surface area (Å²) in [5.74, 6) is 2.36. The van der Waals surface area contributed by atoms with Crippen LogP contribution in [0.25, 0.3) is 0 Å². The van der Waals surface area contributed by atoms with Crippen molar-refractivity contribution in [2.45, 2.75) is 44.4 Å². The molecule has 0 saturated carbocycles. The molecule has 1 unspecified atom stereocenters. The van der Waals surface area contributed by atoms with Crippen LogP contribution in [-0.2, 0) is 11.2 Å². The summed E-state index contributed by atoms with van der Waals surface area (Å²) in [6.07, 6.45) is 5.81. The van der Waals surface area contributed by atoms with Crippen molar-refractivity contribution in [1.82, 2.24) is 15.1 Å². The van der Waals surface area contributed by atoms with E-state index >= 15 is 0 Å². The van der Waals surface area contributed by atoms with E-state index in [1.807, 2.05) is 11.0 Å². The molecule has 0 bridgehead atoms. The number of carbonyl (C=O) groups is 1. The van der Waals surface area contributed by atoms with Gasteiger partial charge in [0.2, 0.25) is 11.8 Å². The lowest BCUT2D eigenvalue weighted by atomic mass is 9.93. The van der Waals surface area contributed by atoms with Crippen molar-refractivity contribution in [1.29, 1.82) is 0 Å². The minimum Gasteiger partial charge on any atom is -0.425 e. The van der Waals surface area contributed by atoms with Crippen molar-refractivity contribution in [2.24, 2.45) is 5.92 Å². The second-order valence-electron chi connectivity index (χ2n) is 7.32. The molecule has 6 nitrogen and oxygen atoms in total. The smallest absolute Gasteiger partial charge is 0.263 e. The van der Waals surface area contributed by atoms with Crippen molar-refractivity contribution >= 4 is 28.8 Å². The molecule has 2 saturated heterocycles.